The third-order valence-corrected chi connectivity index (χ3v) is 3.78. The van der Waals surface area contributed by atoms with Gasteiger partial charge in [0, 0.05) is 12.2 Å². The van der Waals surface area contributed by atoms with Crippen molar-refractivity contribution in [3.8, 4) is 0 Å². The quantitative estimate of drug-likeness (QED) is 0.800. The number of hydrogen-bond donors (Lipinski definition) is 3. The Kier molecular flexibility index (Phi) is 5.28. The van der Waals surface area contributed by atoms with Gasteiger partial charge in [0.25, 0.3) is 0 Å². The van der Waals surface area contributed by atoms with Gasteiger partial charge in [-0.25, -0.2) is 4.79 Å². The summed E-state index contributed by atoms with van der Waals surface area (Å²) in [6.45, 7) is 0.448. The molecule has 0 aliphatic heterocycles. The average Bonchev–Trinajstić information content (AvgIpc) is 2.45. The number of aliphatic hydroxyl groups is 1. The van der Waals surface area contributed by atoms with Crippen LogP contribution in [0.1, 0.15) is 31.2 Å². The van der Waals surface area contributed by atoms with E-state index in [1.165, 1.54) is 12.1 Å². The van der Waals surface area contributed by atoms with E-state index < -0.39 is 17.8 Å². The fourth-order valence-electron chi connectivity index (χ4n) is 2.60. The Hall–Kier alpha value is -1.76. The van der Waals surface area contributed by atoms with Crippen LogP contribution in [0, 0.1) is 5.92 Å². The molecule has 1 aliphatic carbocycles. The van der Waals surface area contributed by atoms with Gasteiger partial charge in [-0.15, -0.1) is 0 Å². The molecule has 122 valence electrons. The predicted octanol–water partition coefficient (Wildman–Crippen LogP) is 3.38. The molecule has 2 atom stereocenters. The van der Waals surface area contributed by atoms with Gasteiger partial charge in [0.15, 0.2) is 0 Å². The standard InChI is InChI=1S/C15H19F3N2O2/c16-15(17,18)11-4-6-12(7-5-11)20-14(22)19-9-10-2-1-3-13(21)8-10/h4-7,10,13,21H,1-3,8-9H2,(H2,19,20,22). The van der Waals surface area contributed by atoms with Crippen LogP contribution >= 0.6 is 0 Å². The van der Waals surface area contributed by atoms with Gasteiger partial charge < -0.3 is 15.7 Å². The molecule has 0 bridgehead atoms. The lowest BCUT2D eigenvalue weighted by atomic mass is 9.87. The zero-order valence-corrected chi connectivity index (χ0v) is 12.0. The number of alkyl halides is 3. The maximum Gasteiger partial charge on any atom is 0.416 e. The van der Waals surface area contributed by atoms with E-state index in [0.29, 0.717) is 18.7 Å². The highest BCUT2D eigenvalue weighted by Crippen LogP contribution is 2.29. The number of hydrogen-bond acceptors (Lipinski definition) is 2. The van der Waals surface area contributed by atoms with Crippen molar-refractivity contribution in [3.05, 3.63) is 29.8 Å². The normalized spacial score (nSPS) is 22.2. The van der Waals surface area contributed by atoms with Crippen molar-refractivity contribution in [2.75, 3.05) is 11.9 Å². The fourth-order valence-corrected chi connectivity index (χ4v) is 2.60. The summed E-state index contributed by atoms with van der Waals surface area (Å²) in [5.41, 5.74) is -0.455. The van der Waals surface area contributed by atoms with Crippen LogP contribution in [-0.4, -0.2) is 23.8 Å². The summed E-state index contributed by atoms with van der Waals surface area (Å²) in [6.07, 6.45) is -1.33. The third kappa shape index (κ3) is 4.91. The van der Waals surface area contributed by atoms with Crippen LogP contribution in [0.5, 0.6) is 0 Å². The molecule has 0 heterocycles. The minimum Gasteiger partial charge on any atom is -0.393 e. The van der Waals surface area contributed by atoms with E-state index in [9.17, 15) is 23.1 Å². The number of anilines is 1. The fraction of sp³-hybridized carbons (Fsp3) is 0.533. The largest absolute Gasteiger partial charge is 0.416 e. The maximum atomic E-state index is 12.4. The molecular formula is C15H19F3N2O2. The van der Waals surface area contributed by atoms with E-state index in [1.54, 1.807) is 0 Å². The van der Waals surface area contributed by atoms with Crippen LogP contribution in [-0.2, 0) is 6.18 Å². The molecule has 1 fully saturated rings. The van der Waals surface area contributed by atoms with E-state index >= 15 is 0 Å². The van der Waals surface area contributed by atoms with Crippen LogP contribution in [0.4, 0.5) is 23.7 Å². The van der Waals surface area contributed by atoms with Crippen LogP contribution in [0.15, 0.2) is 24.3 Å². The van der Waals surface area contributed by atoms with Crippen molar-refractivity contribution >= 4 is 11.7 Å². The molecule has 0 saturated heterocycles. The molecule has 22 heavy (non-hydrogen) atoms. The molecule has 0 aromatic heterocycles. The van der Waals surface area contributed by atoms with E-state index in [2.05, 4.69) is 10.6 Å². The van der Waals surface area contributed by atoms with Crippen molar-refractivity contribution in [2.24, 2.45) is 5.92 Å². The van der Waals surface area contributed by atoms with Gasteiger partial charge in [-0.05, 0) is 49.4 Å². The van der Waals surface area contributed by atoms with Gasteiger partial charge >= 0.3 is 12.2 Å². The summed E-state index contributed by atoms with van der Waals surface area (Å²) in [5.74, 6) is 0.238. The molecule has 1 saturated carbocycles. The van der Waals surface area contributed by atoms with E-state index in [4.69, 9.17) is 0 Å². The Morgan fingerprint density at radius 1 is 1.23 bits per heavy atom. The Labute approximate surface area is 126 Å². The van der Waals surface area contributed by atoms with Gasteiger partial charge in [0.05, 0.1) is 11.7 Å². The van der Waals surface area contributed by atoms with Crippen molar-refractivity contribution in [1.29, 1.82) is 0 Å². The number of carbonyl (C=O) groups is 1. The minimum atomic E-state index is -4.39. The highest BCUT2D eigenvalue weighted by atomic mass is 19.4. The number of benzene rings is 1. The van der Waals surface area contributed by atoms with Crippen molar-refractivity contribution in [1.82, 2.24) is 5.32 Å². The smallest absolute Gasteiger partial charge is 0.393 e. The minimum absolute atomic E-state index is 0.238. The first-order valence-corrected chi connectivity index (χ1v) is 7.25. The van der Waals surface area contributed by atoms with Gasteiger partial charge in [0.2, 0.25) is 0 Å². The van der Waals surface area contributed by atoms with Crippen molar-refractivity contribution < 1.29 is 23.1 Å². The Morgan fingerprint density at radius 2 is 1.91 bits per heavy atom. The topological polar surface area (TPSA) is 61.4 Å². The molecule has 2 rings (SSSR count). The molecule has 2 amide bonds. The highest BCUT2D eigenvalue weighted by molar-refractivity contribution is 5.89. The lowest BCUT2D eigenvalue weighted by Crippen LogP contribution is -2.35. The molecule has 0 radical (unpaired) electrons. The molecule has 1 aromatic carbocycles. The van der Waals surface area contributed by atoms with Gasteiger partial charge in [-0.2, -0.15) is 13.2 Å². The van der Waals surface area contributed by atoms with E-state index in [-0.39, 0.29) is 12.0 Å². The molecule has 4 nitrogen and oxygen atoms in total. The first-order chi connectivity index (χ1) is 10.3. The summed E-state index contributed by atoms with van der Waals surface area (Å²) in [7, 11) is 0. The average molecular weight is 316 g/mol. The molecule has 2 unspecified atom stereocenters. The van der Waals surface area contributed by atoms with Crippen molar-refractivity contribution in [3.63, 3.8) is 0 Å². The number of rotatable bonds is 3. The first kappa shape index (κ1) is 16.6. The molecule has 1 aliphatic rings. The molecule has 7 heteroatoms. The van der Waals surface area contributed by atoms with Crippen LogP contribution in [0.2, 0.25) is 0 Å². The number of nitrogens with one attached hydrogen (secondary N) is 2. The second kappa shape index (κ2) is 7.00. The summed E-state index contributed by atoms with van der Waals surface area (Å²) in [6, 6.07) is 3.82. The summed E-state index contributed by atoms with van der Waals surface area (Å²) in [5, 5.41) is 14.7. The lowest BCUT2D eigenvalue weighted by Gasteiger charge is -2.25. The SMILES string of the molecule is O=C(NCC1CCCC(O)C1)Nc1ccc(C(F)(F)F)cc1. The van der Waals surface area contributed by atoms with Crippen LogP contribution in [0.3, 0.4) is 0 Å². The third-order valence-electron chi connectivity index (χ3n) is 3.78. The summed E-state index contributed by atoms with van der Waals surface area (Å²) in [4.78, 5) is 11.7. The Bertz CT molecular complexity index is 503. The van der Waals surface area contributed by atoms with Crippen LogP contribution in [0.25, 0.3) is 0 Å². The lowest BCUT2D eigenvalue weighted by molar-refractivity contribution is -0.137. The first-order valence-electron chi connectivity index (χ1n) is 7.25. The van der Waals surface area contributed by atoms with Gasteiger partial charge in [0.1, 0.15) is 0 Å². The number of halogens is 3. The predicted molar refractivity (Wildman–Crippen MR) is 76.4 cm³/mol. The summed E-state index contributed by atoms with van der Waals surface area (Å²) < 4.78 is 37.3. The van der Waals surface area contributed by atoms with Crippen LogP contribution < -0.4 is 10.6 Å². The highest BCUT2D eigenvalue weighted by Gasteiger charge is 2.30. The Balaban J connectivity index is 1.79. The number of amides is 2. The maximum absolute atomic E-state index is 12.4. The molecule has 0 spiro atoms. The summed E-state index contributed by atoms with van der Waals surface area (Å²) >= 11 is 0. The second-order valence-corrected chi connectivity index (χ2v) is 5.60. The second-order valence-electron chi connectivity index (χ2n) is 5.60. The molecule has 1 aromatic rings. The zero-order valence-electron chi connectivity index (χ0n) is 12.0. The van der Waals surface area contributed by atoms with Gasteiger partial charge in [-0.3, -0.25) is 0 Å². The monoisotopic (exact) mass is 316 g/mol. The van der Waals surface area contributed by atoms with E-state index in [1.807, 2.05) is 0 Å². The van der Waals surface area contributed by atoms with Crippen molar-refractivity contribution in [2.45, 2.75) is 38.0 Å². The number of aliphatic hydroxyl groups excluding tert-OH is 1. The Morgan fingerprint density at radius 3 is 2.50 bits per heavy atom. The molecular weight excluding hydrogens is 297 g/mol. The number of carbonyl (C=O) groups excluding carboxylic acids is 1. The molecule has 3 N–H and O–H groups in total. The number of urea groups is 1. The zero-order chi connectivity index (χ0) is 16.2. The van der Waals surface area contributed by atoms with E-state index in [0.717, 1.165) is 31.4 Å². The van der Waals surface area contributed by atoms with Gasteiger partial charge in [-0.1, -0.05) is 6.42 Å².